The summed E-state index contributed by atoms with van der Waals surface area (Å²) in [6, 6.07) is 7.28. The number of piperidine rings is 2. The molecule has 4 unspecified atom stereocenters. The zero-order chi connectivity index (χ0) is 40.3. The number of ether oxygens (including phenoxy) is 4. The number of hydrogen-bond donors (Lipinski definition) is 2. The van der Waals surface area contributed by atoms with Gasteiger partial charge in [0.15, 0.2) is 0 Å². The van der Waals surface area contributed by atoms with E-state index < -0.39 is 34.2 Å². The van der Waals surface area contributed by atoms with E-state index in [0.717, 1.165) is 33.4 Å². The first kappa shape index (κ1) is 41.0. The Morgan fingerprint density at radius 3 is 1.31 bits per heavy atom. The van der Waals surface area contributed by atoms with Gasteiger partial charge in [0.2, 0.25) is 0 Å². The molecule has 0 aromatic heterocycles. The van der Waals surface area contributed by atoms with Crippen molar-refractivity contribution in [3.05, 3.63) is 68.8 Å². The summed E-state index contributed by atoms with van der Waals surface area (Å²) in [5.41, 5.74) is 4.58. The number of nitrogens with zero attached hydrogens (tertiary/aromatic N) is 2. The average molecular weight is 751 g/mol. The molecule has 4 aliphatic heterocycles. The van der Waals surface area contributed by atoms with Crippen LogP contribution in [0.5, 0.6) is 0 Å². The highest BCUT2D eigenvalue weighted by atomic mass is 16.6. The molecule has 0 bridgehead atoms. The number of cyclic esters (lactones) is 2. The van der Waals surface area contributed by atoms with Crippen molar-refractivity contribution < 1.29 is 48.3 Å². The summed E-state index contributed by atoms with van der Waals surface area (Å²) in [7, 11) is 0. The Morgan fingerprint density at radius 2 is 1.00 bits per heavy atom. The largest absolute Gasteiger partial charge is 0.457 e. The number of hydrogen-bond acceptors (Lipinski definition) is 10. The summed E-state index contributed by atoms with van der Waals surface area (Å²) in [6.07, 6.45) is -1.98. The zero-order valence-electron chi connectivity index (χ0n) is 33.9. The fourth-order valence-electron chi connectivity index (χ4n) is 8.07. The van der Waals surface area contributed by atoms with Gasteiger partial charge in [-0.3, -0.25) is 0 Å². The van der Waals surface area contributed by atoms with Crippen molar-refractivity contribution in [1.82, 2.24) is 9.80 Å². The minimum Gasteiger partial charge on any atom is -0.457 e. The summed E-state index contributed by atoms with van der Waals surface area (Å²) < 4.78 is 21.4. The Labute approximate surface area is 319 Å². The summed E-state index contributed by atoms with van der Waals surface area (Å²) >= 11 is 0. The minimum absolute atomic E-state index is 0.260. The van der Waals surface area contributed by atoms with Gasteiger partial charge in [0.1, 0.15) is 24.4 Å². The van der Waals surface area contributed by atoms with Gasteiger partial charge in [-0.15, -0.1) is 0 Å². The van der Waals surface area contributed by atoms with Gasteiger partial charge < -0.3 is 39.0 Å². The molecule has 12 nitrogen and oxygen atoms in total. The molecule has 2 N–H and O–H groups in total. The maximum Gasteiger partial charge on any atom is 0.410 e. The number of amides is 2. The van der Waals surface area contributed by atoms with E-state index in [2.05, 4.69) is 0 Å². The number of carbonyl (C=O) groups is 4. The monoisotopic (exact) mass is 750 g/mol. The Balaban J connectivity index is 0.000000208. The van der Waals surface area contributed by atoms with Gasteiger partial charge in [-0.05, 0) is 89.8 Å². The quantitative estimate of drug-likeness (QED) is 0.248. The van der Waals surface area contributed by atoms with Gasteiger partial charge >= 0.3 is 24.1 Å². The zero-order valence-corrected chi connectivity index (χ0v) is 33.9. The molecule has 2 amide bonds. The molecule has 4 atom stereocenters. The van der Waals surface area contributed by atoms with Crippen LogP contribution in [0.25, 0.3) is 0 Å². The van der Waals surface area contributed by atoms with Gasteiger partial charge in [0, 0.05) is 60.0 Å². The number of aliphatic hydroxyl groups is 2. The van der Waals surface area contributed by atoms with Crippen molar-refractivity contribution in [2.45, 2.75) is 132 Å². The van der Waals surface area contributed by atoms with Gasteiger partial charge in [0.25, 0.3) is 0 Å². The smallest absolute Gasteiger partial charge is 0.410 e. The number of fused-ring (bicyclic) bond motifs is 2. The third kappa shape index (κ3) is 8.39. The first-order valence-electron chi connectivity index (χ1n) is 18.7. The molecule has 0 saturated carbocycles. The van der Waals surface area contributed by atoms with Crippen LogP contribution in [0.4, 0.5) is 9.59 Å². The first-order valence-corrected chi connectivity index (χ1v) is 18.7. The molecule has 12 heteroatoms. The van der Waals surface area contributed by atoms with Gasteiger partial charge in [-0.1, -0.05) is 39.8 Å². The van der Waals surface area contributed by atoms with E-state index in [-0.39, 0.29) is 49.2 Å². The molecule has 296 valence electrons. The van der Waals surface area contributed by atoms with E-state index in [1.807, 2.05) is 95.2 Å². The highest BCUT2D eigenvalue weighted by molar-refractivity contribution is 5.94. The number of rotatable bonds is 2. The van der Waals surface area contributed by atoms with Crippen LogP contribution in [-0.4, -0.2) is 93.7 Å². The highest BCUT2D eigenvalue weighted by Gasteiger charge is 2.47. The summed E-state index contributed by atoms with van der Waals surface area (Å²) in [4.78, 5) is 52.3. The number of benzene rings is 2. The molecule has 0 spiro atoms. The minimum atomic E-state index is -0.619. The maximum atomic E-state index is 12.7. The number of carbonyl (C=O) groups excluding carboxylic acids is 4. The third-order valence-electron chi connectivity index (χ3n) is 10.9. The Morgan fingerprint density at radius 1 is 0.667 bits per heavy atom. The highest BCUT2D eigenvalue weighted by Crippen LogP contribution is 2.43. The second-order valence-electron chi connectivity index (χ2n) is 18.6. The Kier molecular flexibility index (Phi) is 11.0. The SMILES string of the molecule is Cc1c(C2CN(C(=O)OC(C)(C)C)CC(C)(C)C2O)ccc2c1COC2=O.Cc1c(C2CN(C(=O)OC(C)(C)C)CC(C)(C)C2O)ccc2c1COC2=O. The standard InChI is InChI=1S/2C21H29NO5/c2*1-12-13(7-8-14-16(12)10-26-18(14)24)15-9-22(11-21(5,6)17(15)23)19(25)27-20(2,3)4/h2*7-8,15,17,23H,9-11H2,1-6H3. The van der Waals surface area contributed by atoms with E-state index >= 15 is 0 Å². The fraction of sp³-hybridized carbons (Fsp3) is 0.619. The normalized spacial score (nSPS) is 24.4. The topological polar surface area (TPSA) is 152 Å². The predicted molar refractivity (Wildman–Crippen MR) is 201 cm³/mol. The first-order chi connectivity index (χ1) is 24.8. The number of likely N-dealkylation sites (tertiary alicyclic amines) is 2. The maximum absolute atomic E-state index is 12.7. The molecule has 4 aliphatic rings. The van der Waals surface area contributed by atoms with Crippen molar-refractivity contribution in [2.24, 2.45) is 10.8 Å². The van der Waals surface area contributed by atoms with Crippen LogP contribution in [0.1, 0.15) is 135 Å². The molecule has 54 heavy (non-hydrogen) atoms. The Bertz CT molecular complexity index is 1690. The third-order valence-corrected chi connectivity index (χ3v) is 10.9. The molecular formula is C42H58N2O10. The molecule has 0 aliphatic carbocycles. The summed E-state index contributed by atoms with van der Waals surface area (Å²) in [5, 5.41) is 22.1. The lowest BCUT2D eigenvalue weighted by Gasteiger charge is -2.47. The van der Waals surface area contributed by atoms with Crippen molar-refractivity contribution in [2.75, 3.05) is 26.2 Å². The lowest BCUT2D eigenvalue weighted by molar-refractivity contribution is -0.0511. The second kappa shape index (κ2) is 14.5. The van der Waals surface area contributed by atoms with Crippen LogP contribution in [0, 0.1) is 24.7 Å². The van der Waals surface area contributed by atoms with Crippen LogP contribution in [-0.2, 0) is 32.2 Å². The van der Waals surface area contributed by atoms with E-state index in [0.29, 0.717) is 37.3 Å². The molecule has 0 radical (unpaired) electrons. The molecule has 2 saturated heterocycles. The van der Waals surface area contributed by atoms with Gasteiger partial charge in [-0.2, -0.15) is 0 Å². The van der Waals surface area contributed by atoms with Crippen molar-refractivity contribution in [1.29, 1.82) is 0 Å². The fourth-order valence-corrected chi connectivity index (χ4v) is 8.07. The van der Waals surface area contributed by atoms with Gasteiger partial charge in [0.05, 0.1) is 23.3 Å². The predicted octanol–water partition coefficient (Wildman–Crippen LogP) is 6.77. The van der Waals surface area contributed by atoms with Crippen molar-refractivity contribution in [3.8, 4) is 0 Å². The van der Waals surface area contributed by atoms with Crippen LogP contribution < -0.4 is 0 Å². The average Bonchev–Trinajstić information content (AvgIpc) is 3.62. The molecule has 4 heterocycles. The number of aliphatic hydroxyl groups excluding tert-OH is 2. The molecule has 2 aromatic rings. The van der Waals surface area contributed by atoms with Crippen LogP contribution in [0.15, 0.2) is 24.3 Å². The summed E-state index contributed by atoms with van der Waals surface area (Å²) in [6.45, 7) is 24.9. The van der Waals surface area contributed by atoms with Crippen LogP contribution in [0.2, 0.25) is 0 Å². The van der Waals surface area contributed by atoms with Crippen LogP contribution >= 0.6 is 0 Å². The Hall–Kier alpha value is -4.16. The lowest BCUT2D eigenvalue weighted by Crippen LogP contribution is -2.55. The van der Waals surface area contributed by atoms with E-state index in [1.165, 1.54) is 0 Å². The van der Waals surface area contributed by atoms with E-state index in [9.17, 15) is 29.4 Å². The summed E-state index contributed by atoms with van der Waals surface area (Å²) in [5.74, 6) is -1.14. The molecule has 2 fully saturated rings. The van der Waals surface area contributed by atoms with E-state index in [1.54, 1.807) is 21.9 Å². The molecule has 2 aromatic carbocycles. The van der Waals surface area contributed by atoms with Crippen LogP contribution in [0.3, 0.4) is 0 Å². The van der Waals surface area contributed by atoms with E-state index in [4.69, 9.17) is 18.9 Å². The molecule has 6 rings (SSSR count). The van der Waals surface area contributed by atoms with Crippen molar-refractivity contribution >= 4 is 24.1 Å². The lowest BCUT2D eigenvalue weighted by atomic mass is 9.72. The van der Waals surface area contributed by atoms with Gasteiger partial charge in [-0.25, -0.2) is 19.2 Å². The second-order valence-corrected chi connectivity index (χ2v) is 18.6. The molecular weight excluding hydrogens is 692 g/mol. The number of esters is 2. The van der Waals surface area contributed by atoms with Crippen molar-refractivity contribution in [3.63, 3.8) is 0 Å².